The van der Waals surface area contributed by atoms with Crippen LogP contribution in [0.2, 0.25) is 0 Å². The third-order valence-electron chi connectivity index (χ3n) is 2.93. The van der Waals surface area contributed by atoms with Crippen molar-refractivity contribution in [3.63, 3.8) is 0 Å². The van der Waals surface area contributed by atoms with Gasteiger partial charge in [0.25, 0.3) is 5.91 Å². The average Bonchev–Trinajstić information content (AvgIpc) is 2.49. The largest absolute Gasteiger partial charge is 0.390 e. The fraction of sp³-hybridized carbons (Fsp3) is 0.750. The van der Waals surface area contributed by atoms with Crippen LogP contribution in [0, 0.1) is 11.3 Å². The number of amides is 1. The molecule has 0 fully saturated rings. The number of unbranched alkanes of at least 4 members (excludes halogenated alkanes) is 1. The van der Waals surface area contributed by atoms with E-state index in [1.54, 1.807) is 0 Å². The molecule has 1 amide bonds. The van der Waals surface area contributed by atoms with Crippen LogP contribution >= 0.6 is 0 Å². The summed E-state index contributed by atoms with van der Waals surface area (Å²) in [5, 5.41) is 14.7. The van der Waals surface area contributed by atoms with Crippen molar-refractivity contribution in [2.75, 3.05) is 46.9 Å². The number of nitrogens with one attached hydrogen (secondary N) is 2. The van der Waals surface area contributed by atoms with Gasteiger partial charge in [0.05, 0.1) is 0 Å². The molecule has 0 rings (SSSR count). The number of hydrogen-bond donors (Lipinski definition) is 2. The van der Waals surface area contributed by atoms with Crippen molar-refractivity contribution in [3.05, 3.63) is 11.8 Å². The first-order valence-corrected chi connectivity index (χ1v) is 7.96. The summed E-state index contributed by atoms with van der Waals surface area (Å²) in [6, 6.07) is 1.92. The Labute approximate surface area is 134 Å². The molecule has 0 radical (unpaired) electrons. The maximum Gasteiger partial charge on any atom is 0.263 e. The first kappa shape index (κ1) is 20.4. The second kappa shape index (κ2) is 14.4. The molecule has 0 aromatic rings. The third kappa shape index (κ3) is 12.2. The fourth-order valence-electron chi connectivity index (χ4n) is 1.64. The Kier molecular flexibility index (Phi) is 13.3. The van der Waals surface area contributed by atoms with Crippen molar-refractivity contribution < 1.29 is 9.53 Å². The summed E-state index contributed by atoms with van der Waals surface area (Å²) in [6.07, 6.45) is 5.38. The van der Waals surface area contributed by atoms with Crippen molar-refractivity contribution in [3.8, 4) is 6.07 Å². The molecule has 2 N–H and O–H groups in total. The van der Waals surface area contributed by atoms with Gasteiger partial charge in [-0.1, -0.05) is 13.3 Å². The molecule has 0 bridgehead atoms. The van der Waals surface area contributed by atoms with Gasteiger partial charge in [0.15, 0.2) is 0 Å². The number of hydrogen-bond acceptors (Lipinski definition) is 5. The number of nitriles is 1. The zero-order chi connectivity index (χ0) is 16.6. The van der Waals surface area contributed by atoms with Crippen molar-refractivity contribution in [1.29, 1.82) is 5.26 Å². The quantitative estimate of drug-likeness (QED) is 0.304. The van der Waals surface area contributed by atoms with Gasteiger partial charge < -0.3 is 20.3 Å². The number of carbonyl (C=O) groups excluding carboxylic acids is 1. The van der Waals surface area contributed by atoms with E-state index in [0.717, 1.165) is 45.4 Å². The molecule has 6 heteroatoms. The first-order valence-electron chi connectivity index (χ1n) is 7.96. The molecule has 126 valence electrons. The second-order valence-corrected chi connectivity index (χ2v) is 5.36. The van der Waals surface area contributed by atoms with E-state index in [2.05, 4.69) is 22.5 Å². The molecule has 0 heterocycles. The molecule has 0 saturated heterocycles. The van der Waals surface area contributed by atoms with Gasteiger partial charge in [0, 0.05) is 32.5 Å². The average molecular weight is 310 g/mol. The van der Waals surface area contributed by atoms with E-state index in [4.69, 9.17) is 10.00 Å². The highest BCUT2D eigenvalue weighted by Crippen LogP contribution is 1.93. The molecule has 0 aliphatic heterocycles. The van der Waals surface area contributed by atoms with E-state index >= 15 is 0 Å². The van der Waals surface area contributed by atoms with Crippen LogP contribution in [0.4, 0.5) is 0 Å². The Morgan fingerprint density at radius 2 is 1.95 bits per heavy atom. The summed E-state index contributed by atoms with van der Waals surface area (Å²) in [7, 11) is 4.02. The van der Waals surface area contributed by atoms with Gasteiger partial charge in [0.2, 0.25) is 0 Å². The smallest absolute Gasteiger partial charge is 0.263 e. The molecular weight excluding hydrogens is 280 g/mol. The van der Waals surface area contributed by atoms with Gasteiger partial charge in [-0.3, -0.25) is 4.79 Å². The Morgan fingerprint density at radius 1 is 1.23 bits per heavy atom. The highest BCUT2D eigenvalue weighted by atomic mass is 16.5. The minimum Gasteiger partial charge on any atom is -0.390 e. The van der Waals surface area contributed by atoms with E-state index in [-0.39, 0.29) is 11.5 Å². The van der Waals surface area contributed by atoms with Crippen LogP contribution in [0.25, 0.3) is 0 Å². The molecule has 0 spiro atoms. The van der Waals surface area contributed by atoms with Gasteiger partial charge in [0.1, 0.15) is 11.6 Å². The molecule has 0 aliphatic carbocycles. The summed E-state index contributed by atoms with van der Waals surface area (Å²) in [5.41, 5.74) is 0.108. The SMILES string of the molecule is CCCCOCCCNC(=O)/C(C#N)=C\NCCCN(C)C. The van der Waals surface area contributed by atoms with Gasteiger partial charge in [-0.25, -0.2) is 0 Å². The molecular formula is C16H30N4O2. The highest BCUT2D eigenvalue weighted by Gasteiger charge is 2.07. The van der Waals surface area contributed by atoms with Crippen molar-refractivity contribution in [2.24, 2.45) is 0 Å². The molecule has 0 unspecified atom stereocenters. The summed E-state index contributed by atoms with van der Waals surface area (Å²) in [5.74, 6) is -0.337. The first-order chi connectivity index (χ1) is 10.6. The minimum atomic E-state index is -0.337. The zero-order valence-electron chi connectivity index (χ0n) is 14.2. The van der Waals surface area contributed by atoms with Gasteiger partial charge >= 0.3 is 0 Å². The highest BCUT2D eigenvalue weighted by molar-refractivity contribution is 5.97. The minimum absolute atomic E-state index is 0.108. The summed E-state index contributed by atoms with van der Waals surface area (Å²) in [6.45, 7) is 5.74. The Hall–Kier alpha value is -1.58. The monoisotopic (exact) mass is 310 g/mol. The Balaban J connectivity index is 3.78. The lowest BCUT2D eigenvalue weighted by Crippen LogP contribution is -2.27. The number of ether oxygens (including phenoxy) is 1. The van der Waals surface area contributed by atoms with Gasteiger partial charge in [-0.05, 0) is 39.9 Å². The van der Waals surface area contributed by atoms with Crippen LogP contribution in [-0.4, -0.2) is 57.8 Å². The van der Waals surface area contributed by atoms with E-state index in [0.29, 0.717) is 13.2 Å². The van der Waals surface area contributed by atoms with Crippen LogP contribution < -0.4 is 10.6 Å². The number of carbonyl (C=O) groups is 1. The molecule has 0 aliphatic rings. The Bertz CT molecular complexity index is 362. The molecule has 0 saturated carbocycles. The maximum absolute atomic E-state index is 11.8. The van der Waals surface area contributed by atoms with Crippen LogP contribution in [-0.2, 0) is 9.53 Å². The lowest BCUT2D eigenvalue weighted by molar-refractivity contribution is -0.117. The summed E-state index contributed by atoms with van der Waals surface area (Å²) >= 11 is 0. The molecule has 0 atom stereocenters. The van der Waals surface area contributed by atoms with Gasteiger partial charge in [-0.2, -0.15) is 5.26 Å². The zero-order valence-corrected chi connectivity index (χ0v) is 14.2. The van der Waals surface area contributed by atoms with Crippen molar-refractivity contribution >= 4 is 5.91 Å². The van der Waals surface area contributed by atoms with E-state index < -0.39 is 0 Å². The van der Waals surface area contributed by atoms with Crippen LogP contribution in [0.15, 0.2) is 11.8 Å². The number of nitrogens with zero attached hydrogens (tertiary/aromatic N) is 2. The maximum atomic E-state index is 11.8. The Morgan fingerprint density at radius 3 is 2.59 bits per heavy atom. The van der Waals surface area contributed by atoms with Crippen LogP contribution in [0.5, 0.6) is 0 Å². The lowest BCUT2D eigenvalue weighted by atomic mass is 10.3. The summed E-state index contributed by atoms with van der Waals surface area (Å²) in [4.78, 5) is 13.9. The van der Waals surface area contributed by atoms with E-state index in [1.807, 2.05) is 20.2 Å². The topological polar surface area (TPSA) is 77.4 Å². The van der Waals surface area contributed by atoms with E-state index in [9.17, 15) is 4.79 Å². The lowest BCUT2D eigenvalue weighted by Gasteiger charge is -2.09. The van der Waals surface area contributed by atoms with Crippen molar-refractivity contribution in [1.82, 2.24) is 15.5 Å². The predicted octanol–water partition coefficient (Wildman–Crippen LogP) is 1.26. The standard InChI is InChI=1S/C16H30N4O2/c1-4-5-11-22-12-7-9-19-16(21)15(13-17)14-18-8-6-10-20(2)3/h14,18H,4-12H2,1-3H3,(H,19,21)/b15-14-. The predicted molar refractivity (Wildman–Crippen MR) is 88.2 cm³/mol. The molecule has 0 aromatic heterocycles. The normalized spacial score (nSPS) is 11.3. The molecule has 22 heavy (non-hydrogen) atoms. The van der Waals surface area contributed by atoms with Crippen molar-refractivity contribution in [2.45, 2.75) is 32.6 Å². The van der Waals surface area contributed by atoms with Crippen LogP contribution in [0.3, 0.4) is 0 Å². The van der Waals surface area contributed by atoms with Crippen LogP contribution in [0.1, 0.15) is 32.6 Å². The molecule has 0 aromatic carbocycles. The second-order valence-electron chi connectivity index (χ2n) is 5.36. The fourth-order valence-corrected chi connectivity index (χ4v) is 1.64. The summed E-state index contributed by atoms with van der Waals surface area (Å²) < 4.78 is 5.41. The molecule has 6 nitrogen and oxygen atoms in total. The number of rotatable bonds is 13. The van der Waals surface area contributed by atoms with E-state index in [1.165, 1.54) is 6.20 Å². The third-order valence-corrected chi connectivity index (χ3v) is 2.93. The van der Waals surface area contributed by atoms with Gasteiger partial charge in [-0.15, -0.1) is 0 Å².